The van der Waals surface area contributed by atoms with Crippen molar-refractivity contribution in [2.45, 2.75) is 30.6 Å². The summed E-state index contributed by atoms with van der Waals surface area (Å²) >= 11 is 6.06. The first kappa shape index (κ1) is 20.5. The minimum Gasteiger partial charge on any atom is -0.496 e. The number of rotatable bonds is 5. The summed E-state index contributed by atoms with van der Waals surface area (Å²) in [6.45, 7) is 1.33. The highest BCUT2D eigenvalue weighted by Gasteiger charge is 2.24. The molecule has 0 saturated carbocycles. The van der Waals surface area contributed by atoms with E-state index in [0.29, 0.717) is 23.9 Å². The highest BCUT2D eigenvalue weighted by molar-refractivity contribution is 7.92. The van der Waals surface area contributed by atoms with Crippen LogP contribution in [0.5, 0.6) is 5.75 Å². The molecule has 1 amide bonds. The van der Waals surface area contributed by atoms with E-state index in [9.17, 15) is 13.2 Å². The van der Waals surface area contributed by atoms with Gasteiger partial charge in [-0.25, -0.2) is 8.42 Å². The van der Waals surface area contributed by atoms with Gasteiger partial charge in [0.15, 0.2) is 0 Å². The molecule has 1 aliphatic rings. The number of anilines is 1. The lowest BCUT2D eigenvalue weighted by Crippen LogP contribution is -2.32. The van der Waals surface area contributed by atoms with Crippen LogP contribution >= 0.6 is 11.6 Å². The molecule has 2 aromatic carbocycles. The Labute approximate surface area is 170 Å². The van der Waals surface area contributed by atoms with Crippen LogP contribution in [0, 0.1) is 0 Å². The summed E-state index contributed by atoms with van der Waals surface area (Å²) in [5.41, 5.74) is 0.520. The number of hydrogen-bond donors (Lipinski definition) is 1. The van der Waals surface area contributed by atoms with Gasteiger partial charge in [0.2, 0.25) is 0 Å². The zero-order chi connectivity index (χ0) is 20.1. The van der Waals surface area contributed by atoms with Gasteiger partial charge in [-0.15, -0.1) is 0 Å². The number of hydrogen-bond acceptors (Lipinski definition) is 4. The molecule has 28 heavy (non-hydrogen) atoms. The second kappa shape index (κ2) is 8.84. The number of carbonyl (C=O) groups is 1. The number of carbonyl (C=O) groups excluding carboxylic acids is 1. The fourth-order valence-corrected chi connectivity index (χ4v) is 4.56. The standard InChI is InChI=1S/C20H23ClN2O4S/c1-27-19-11-10-15(28(25,26)22-18-9-5-4-8-17(18)21)14-16(19)20(24)23-12-6-2-3-7-13-23/h4-5,8-11,14,22H,2-3,6-7,12-13H2,1H3. The molecule has 1 saturated heterocycles. The van der Waals surface area contributed by atoms with Crippen LogP contribution in [-0.4, -0.2) is 39.4 Å². The fourth-order valence-electron chi connectivity index (χ4n) is 3.21. The lowest BCUT2D eigenvalue weighted by Gasteiger charge is -2.22. The van der Waals surface area contributed by atoms with E-state index in [0.717, 1.165) is 25.7 Å². The van der Waals surface area contributed by atoms with Crippen molar-refractivity contribution in [2.24, 2.45) is 0 Å². The zero-order valence-corrected chi connectivity index (χ0v) is 17.2. The van der Waals surface area contributed by atoms with Crippen molar-refractivity contribution < 1.29 is 17.9 Å². The van der Waals surface area contributed by atoms with Gasteiger partial charge in [-0.2, -0.15) is 0 Å². The molecular formula is C20H23ClN2O4S. The zero-order valence-electron chi connectivity index (χ0n) is 15.7. The predicted octanol–water partition coefficient (Wildman–Crippen LogP) is 4.17. The Hall–Kier alpha value is -2.25. The van der Waals surface area contributed by atoms with E-state index in [-0.39, 0.29) is 22.1 Å². The number of halogens is 1. The van der Waals surface area contributed by atoms with Crippen molar-refractivity contribution in [3.05, 3.63) is 53.1 Å². The first-order valence-electron chi connectivity index (χ1n) is 9.17. The maximum atomic E-state index is 13.0. The SMILES string of the molecule is COc1ccc(S(=O)(=O)Nc2ccccc2Cl)cc1C(=O)N1CCCCCC1. The van der Waals surface area contributed by atoms with E-state index in [1.807, 2.05) is 0 Å². The normalized spacial score (nSPS) is 15.0. The van der Waals surface area contributed by atoms with Gasteiger partial charge in [0, 0.05) is 13.1 Å². The molecule has 0 atom stereocenters. The van der Waals surface area contributed by atoms with Crippen molar-refractivity contribution in [1.29, 1.82) is 0 Å². The van der Waals surface area contributed by atoms with E-state index < -0.39 is 10.0 Å². The van der Waals surface area contributed by atoms with E-state index in [4.69, 9.17) is 16.3 Å². The second-order valence-electron chi connectivity index (χ2n) is 6.65. The Balaban J connectivity index is 1.93. The van der Waals surface area contributed by atoms with Crippen LogP contribution in [-0.2, 0) is 10.0 Å². The van der Waals surface area contributed by atoms with Gasteiger partial charge in [-0.3, -0.25) is 9.52 Å². The summed E-state index contributed by atoms with van der Waals surface area (Å²) in [4.78, 5) is 14.8. The topological polar surface area (TPSA) is 75.7 Å². The molecule has 150 valence electrons. The van der Waals surface area contributed by atoms with Crippen LogP contribution in [0.3, 0.4) is 0 Å². The molecule has 1 N–H and O–H groups in total. The largest absolute Gasteiger partial charge is 0.496 e. The molecule has 0 aliphatic carbocycles. The first-order chi connectivity index (χ1) is 13.4. The molecule has 0 unspecified atom stereocenters. The molecule has 6 nitrogen and oxygen atoms in total. The molecule has 1 aliphatic heterocycles. The number of amides is 1. The third kappa shape index (κ3) is 4.59. The number of ether oxygens (including phenoxy) is 1. The molecule has 0 radical (unpaired) electrons. The number of benzene rings is 2. The van der Waals surface area contributed by atoms with Crippen LogP contribution in [0.15, 0.2) is 47.4 Å². The number of para-hydroxylation sites is 1. The van der Waals surface area contributed by atoms with E-state index in [2.05, 4.69) is 4.72 Å². The van der Waals surface area contributed by atoms with Crippen molar-refractivity contribution in [2.75, 3.05) is 24.9 Å². The smallest absolute Gasteiger partial charge is 0.261 e. The van der Waals surface area contributed by atoms with Crippen molar-refractivity contribution in [1.82, 2.24) is 4.90 Å². The molecule has 3 rings (SSSR count). The fraction of sp³-hybridized carbons (Fsp3) is 0.350. The molecule has 1 fully saturated rings. The first-order valence-corrected chi connectivity index (χ1v) is 11.0. The van der Waals surface area contributed by atoms with Crippen LogP contribution < -0.4 is 9.46 Å². The second-order valence-corrected chi connectivity index (χ2v) is 8.74. The van der Waals surface area contributed by atoms with Gasteiger partial charge < -0.3 is 9.64 Å². The highest BCUT2D eigenvalue weighted by atomic mass is 35.5. The summed E-state index contributed by atoms with van der Waals surface area (Å²) < 4.78 is 33.4. The van der Waals surface area contributed by atoms with Gasteiger partial charge in [0.05, 0.1) is 28.3 Å². The average molecular weight is 423 g/mol. The number of sulfonamides is 1. The lowest BCUT2D eigenvalue weighted by atomic mass is 10.1. The quantitative estimate of drug-likeness (QED) is 0.784. The molecule has 0 aromatic heterocycles. The van der Waals surface area contributed by atoms with Crippen LogP contribution in [0.1, 0.15) is 36.0 Å². The van der Waals surface area contributed by atoms with Crippen molar-refractivity contribution in [3.8, 4) is 5.75 Å². The summed E-state index contributed by atoms with van der Waals surface area (Å²) in [5.74, 6) is 0.138. The van der Waals surface area contributed by atoms with E-state index in [1.165, 1.54) is 25.3 Å². The average Bonchev–Trinajstić information content (AvgIpc) is 2.98. The summed E-state index contributed by atoms with van der Waals surface area (Å²) in [6, 6.07) is 10.9. The van der Waals surface area contributed by atoms with E-state index >= 15 is 0 Å². The molecule has 8 heteroatoms. The van der Waals surface area contributed by atoms with Gasteiger partial charge >= 0.3 is 0 Å². The minimum absolute atomic E-state index is 0.0219. The van der Waals surface area contributed by atoms with Crippen molar-refractivity contribution >= 4 is 33.2 Å². The minimum atomic E-state index is -3.92. The van der Waals surface area contributed by atoms with Gasteiger partial charge in [-0.1, -0.05) is 36.6 Å². The monoisotopic (exact) mass is 422 g/mol. The maximum Gasteiger partial charge on any atom is 0.261 e. The summed E-state index contributed by atoms with van der Waals surface area (Å²) in [5, 5.41) is 0.292. The Morgan fingerprint density at radius 3 is 2.39 bits per heavy atom. The number of nitrogens with zero attached hydrogens (tertiary/aromatic N) is 1. The lowest BCUT2D eigenvalue weighted by molar-refractivity contribution is 0.0758. The van der Waals surface area contributed by atoms with Crippen LogP contribution in [0.4, 0.5) is 5.69 Å². The number of likely N-dealkylation sites (tertiary alicyclic amines) is 1. The molecule has 1 heterocycles. The maximum absolute atomic E-state index is 13.0. The summed E-state index contributed by atoms with van der Waals surface area (Å²) in [6.07, 6.45) is 4.08. The highest BCUT2D eigenvalue weighted by Crippen LogP contribution is 2.28. The Kier molecular flexibility index (Phi) is 6.46. The van der Waals surface area contributed by atoms with Crippen molar-refractivity contribution in [3.63, 3.8) is 0 Å². The van der Waals surface area contributed by atoms with Gasteiger partial charge in [-0.05, 0) is 43.2 Å². The van der Waals surface area contributed by atoms with Crippen LogP contribution in [0.2, 0.25) is 5.02 Å². The third-order valence-electron chi connectivity index (χ3n) is 4.72. The molecular weight excluding hydrogens is 400 g/mol. The third-order valence-corrected chi connectivity index (χ3v) is 6.42. The number of nitrogens with one attached hydrogen (secondary N) is 1. The Bertz CT molecular complexity index is 954. The molecule has 0 bridgehead atoms. The van der Waals surface area contributed by atoms with E-state index in [1.54, 1.807) is 29.2 Å². The number of methoxy groups -OCH3 is 1. The summed E-state index contributed by atoms with van der Waals surface area (Å²) in [7, 11) is -2.45. The molecule has 0 spiro atoms. The van der Waals surface area contributed by atoms with Crippen LogP contribution in [0.25, 0.3) is 0 Å². The Morgan fingerprint density at radius 1 is 1.07 bits per heavy atom. The van der Waals surface area contributed by atoms with Gasteiger partial charge in [0.1, 0.15) is 5.75 Å². The molecule has 2 aromatic rings. The predicted molar refractivity (Wildman–Crippen MR) is 110 cm³/mol. The Morgan fingerprint density at radius 2 is 1.75 bits per heavy atom. The van der Waals surface area contributed by atoms with Gasteiger partial charge in [0.25, 0.3) is 15.9 Å².